The molecule has 26 heavy (non-hydrogen) atoms. The average molecular weight is 358 g/mol. The summed E-state index contributed by atoms with van der Waals surface area (Å²) in [5.41, 5.74) is 0.508. The zero-order valence-electron chi connectivity index (χ0n) is 15.2. The molecule has 0 bridgehead atoms. The van der Waals surface area contributed by atoms with Gasteiger partial charge in [-0.25, -0.2) is 19.3 Å². The van der Waals surface area contributed by atoms with Crippen LogP contribution < -0.4 is 15.1 Å². The van der Waals surface area contributed by atoms with Crippen molar-refractivity contribution in [2.45, 2.75) is 20.8 Å². The van der Waals surface area contributed by atoms with Gasteiger partial charge >= 0.3 is 0 Å². The summed E-state index contributed by atoms with van der Waals surface area (Å²) in [6.45, 7) is 8.37. The van der Waals surface area contributed by atoms with Gasteiger partial charge in [0.05, 0.1) is 18.1 Å². The van der Waals surface area contributed by atoms with Crippen LogP contribution >= 0.6 is 0 Å². The zero-order chi connectivity index (χ0) is 18.7. The Morgan fingerprint density at radius 2 is 1.77 bits per heavy atom. The molecule has 2 aromatic rings. The molecule has 7 nitrogen and oxygen atoms in total. The minimum absolute atomic E-state index is 0.0711. The SMILES string of the molecule is CC(C)(C)C(=O)Nc1ccc(N2CCN(c3ncncc3F)CC2)cn1. The van der Waals surface area contributed by atoms with Gasteiger partial charge in [0.1, 0.15) is 12.1 Å². The summed E-state index contributed by atoms with van der Waals surface area (Å²) >= 11 is 0. The second kappa shape index (κ2) is 7.23. The van der Waals surface area contributed by atoms with Crippen LogP contribution in [0.4, 0.5) is 21.7 Å². The number of piperazine rings is 1. The molecule has 0 atom stereocenters. The number of rotatable bonds is 3. The van der Waals surface area contributed by atoms with Gasteiger partial charge in [-0.15, -0.1) is 0 Å². The summed E-state index contributed by atoms with van der Waals surface area (Å²) in [6, 6.07) is 3.74. The van der Waals surface area contributed by atoms with Gasteiger partial charge in [0.25, 0.3) is 0 Å². The number of nitrogens with zero attached hydrogens (tertiary/aromatic N) is 5. The first-order chi connectivity index (χ1) is 12.3. The summed E-state index contributed by atoms with van der Waals surface area (Å²) in [5.74, 6) is 0.410. The smallest absolute Gasteiger partial charge is 0.230 e. The van der Waals surface area contributed by atoms with Crippen molar-refractivity contribution in [2.75, 3.05) is 41.3 Å². The first kappa shape index (κ1) is 18.0. The van der Waals surface area contributed by atoms with E-state index in [4.69, 9.17) is 0 Å². The lowest BCUT2D eigenvalue weighted by atomic mass is 9.96. The maximum absolute atomic E-state index is 13.8. The van der Waals surface area contributed by atoms with Crippen LogP contribution in [0.1, 0.15) is 20.8 Å². The highest BCUT2D eigenvalue weighted by Gasteiger charge is 2.23. The molecule has 0 radical (unpaired) electrons. The lowest BCUT2D eigenvalue weighted by Crippen LogP contribution is -2.47. The number of hydrogen-bond donors (Lipinski definition) is 1. The molecule has 0 unspecified atom stereocenters. The Kier molecular flexibility index (Phi) is 5.01. The molecule has 8 heteroatoms. The van der Waals surface area contributed by atoms with Crippen molar-refractivity contribution in [1.29, 1.82) is 0 Å². The van der Waals surface area contributed by atoms with Crippen LogP contribution in [-0.2, 0) is 4.79 Å². The summed E-state index contributed by atoms with van der Waals surface area (Å²) in [5, 5.41) is 2.81. The number of hydrogen-bond acceptors (Lipinski definition) is 6. The molecule has 1 N–H and O–H groups in total. The first-order valence-corrected chi connectivity index (χ1v) is 8.57. The van der Waals surface area contributed by atoms with Gasteiger partial charge < -0.3 is 15.1 Å². The molecule has 138 valence electrons. The fourth-order valence-electron chi connectivity index (χ4n) is 2.67. The Morgan fingerprint density at radius 1 is 1.08 bits per heavy atom. The maximum atomic E-state index is 13.8. The van der Waals surface area contributed by atoms with Crippen LogP contribution in [-0.4, -0.2) is 47.0 Å². The number of aromatic nitrogens is 3. The number of nitrogens with one attached hydrogen (secondary N) is 1. The predicted octanol–water partition coefficient (Wildman–Crippen LogP) is 2.32. The topological polar surface area (TPSA) is 74.2 Å². The minimum atomic E-state index is -0.465. The highest BCUT2D eigenvalue weighted by molar-refractivity contribution is 5.93. The normalized spacial score (nSPS) is 15.1. The molecule has 0 aliphatic carbocycles. The highest BCUT2D eigenvalue weighted by atomic mass is 19.1. The van der Waals surface area contributed by atoms with Gasteiger partial charge in [-0.3, -0.25) is 4.79 Å². The Hall–Kier alpha value is -2.77. The third-order valence-electron chi connectivity index (χ3n) is 4.26. The van der Waals surface area contributed by atoms with Crippen molar-refractivity contribution in [3.05, 3.63) is 36.7 Å². The van der Waals surface area contributed by atoms with Crippen LogP contribution in [0.2, 0.25) is 0 Å². The first-order valence-electron chi connectivity index (χ1n) is 8.57. The van der Waals surface area contributed by atoms with Crippen LogP contribution in [0.15, 0.2) is 30.9 Å². The standard InChI is InChI=1S/C18H23FN6O/c1-18(2,3)17(26)23-15-5-4-13(10-21-15)24-6-8-25(9-7-24)16-14(19)11-20-12-22-16/h4-5,10-12H,6-9H2,1-3H3,(H,21,23,26). The Bertz CT molecular complexity index is 766. The van der Waals surface area contributed by atoms with E-state index < -0.39 is 11.2 Å². The van der Waals surface area contributed by atoms with Gasteiger partial charge in [0.2, 0.25) is 5.91 Å². The number of anilines is 3. The zero-order valence-corrected chi connectivity index (χ0v) is 15.2. The van der Waals surface area contributed by atoms with Crippen LogP contribution in [0.25, 0.3) is 0 Å². The maximum Gasteiger partial charge on any atom is 0.230 e. The summed E-state index contributed by atoms with van der Waals surface area (Å²) in [6.07, 6.45) is 4.29. The Morgan fingerprint density at radius 3 is 2.35 bits per heavy atom. The molecule has 1 aliphatic heterocycles. The van der Waals surface area contributed by atoms with Crippen molar-refractivity contribution < 1.29 is 9.18 Å². The lowest BCUT2D eigenvalue weighted by Gasteiger charge is -2.36. The van der Waals surface area contributed by atoms with Gasteiger partial charge in [0, 0.05) is 31.6 Å². The number of pyridine rings is 1. The second-order valence-electron chi connectivity index (χ2n) is 7.27. The minimum Gasteiger partial charge on any atom is -0.367 e. The third kappa shape index (κ3) is 4.07. The molecule has 0 spiro atoms. The molecule has 1 amide bonds. The van der Waals surface area contributed by atoms with Gasteiger partial charge in [0.15, 0.2) is 11.6 Å². The second-order valence-corrected chi connectivity index (χ2v) is 7.27. The highest BCUT2D eigenvalue weighted by Crippen LogP contribution is 2.22. The average Bonchev–Trinajstić information content (AvgIpc) is 2.62. The van der Waals surface area contributed by atoms with E-state index in [0.717, 1.165) is 18.8 Å². The molecule has 0 saturated carbocycles. The predicted molar refractivity (Wildman–Crippen MR) is 98.7 cm³/mol. The number of amides is 1. The molecule has 1 aliphatic rings. The van der Waals surface area contributed by atoms with Gasteiger partial charge in [-0.05, 0) is 12.1 Å². The third-order valence-corrected chi connectivity index (χ3v) is 4.26. The fraction of sp³-hybridized carbons (Fsp3) is 0.444. The van der Waals surface area contributed by atoms with Crippen molar-refractivity contribution in [3.8, 4) is 0 Å². The van der Waals surface area contributed by atoms with E-state index in [1.807, 2.05) is 31.7 Å². The lowest BCUT2D eigenvalue weighted by molar-refractivity contribution is -0.123. The van der Waals surface area contributed by atoms with E-state index in [-0.39, 0.29) is 5.91 Å². The number of carbonyl (C=O) groups is 1. The molecular formula is C18H23FN6O. The van der Waals surface area contributed by atoms with Gasteiger partial charge in [-0.1, -0.05) is 20.8 Å². The summed E-state index contributed by atoms with van der Waals surface area (Å²) < 4.78 is 13.8. The summed E-state index contributed by atoms with van der Waals surface area (Å²) in [4.78, 5) is 28.1. The largest absolute Gasteiger partial charge is 0.367 e. The Balaban J connectivity index is 1.60. The molecule has 3 heterocycles. The number of halogens is 1. The number of carbonyl (C=O) groups excluding carboxylic acids is 1. The molecule has 1 saturated heterocycles. The quantitative estimate of drug-likeness (QED) is 0.908. The summed E-state index contributed by atoms with van der Waals surface area (Å²) in [7, 11) is 0. The Labute approximate surface area is 152 Å². The van der Waals surface area contributed by atoms with Crippen LogP contribution in [0, 0.1) is 11.2 Å². The molecular weight excluding hydrogens is 335 g/mol. The van der Waals surface area contributed by atoms with E-state index in [1.165, 1.54) is 12.5 Å². The van der Waals surface area contributed by atoms with Crippen molar-refractivity contribution in [1.82, 2.24) is 15.0 Å². The molecule has 2 aromatic heterocycles. The molecule has 1 fully saturated rings. The van der Waals surface area contributed by atoms with Crippen molar-refractivity contribution in [2.24, 2.45) is 5.41 Å². The van der Waals surface area contributed by atoms with Crippen molar-refractivity contribution in [3.63, 3.8) is 0 Å². The van der Waals surface area contributed by atoms with Crippen molar-refractivity contribution >= 4 is 23.2 Å². The van der Waals surface area contributed by atoms with E-state index in [1.54, 1.807) is 12.3 Å². The van der Waals surface area contributed by atoms with Gasteiger partial charge in [-0.2, -0.15) is 0 Å². The monoisotopic (exact) mass is 358 g/mol. The van der Waals surface area contributed by atoms with E-state index >= 15 is 0 Å². The van der Waals surface area contributed by atoms with E-state index in [2.05, 4.69) is 25.2 Å². The van der Waals surface area contributed by atoms with E-state index in [9.17, 15) is 9.18 Å². The molecule has 3 rings (SSSR count). The van der Waals surface area contributed by atoms with E-state index in [0.29, 0.717) is 24.7 Å². The fourth-order valence-corrected chi connectivity index (χ4v) is 2.67. The van der Waals surface area contributed by atoms with Crippen LogP contribution in [0.5, 0.6) is 0 Å². The van der Waals surface area contributed by atoms with Crippen LogP contribution in [0.3, 0.4) is 0 Å². The molecule has 0 aromatic carbocycles.